The molecular formula is C11H19N3S. The minimum absolute atomic E-state index is 0.440. The molecule has 84 valence electrons. The monoisotopic (exact) mass is 225 g/mol. The van der Waals surface area contributed by atoms with Crippen LogP contribution in [0.3, 0.4) is 0 Å². The molecule has 2 unspecified atom stereocenters. The fourth-order valence-electron chi connectivity index (χ4n) is 1.85. The SMILES string of the molecule is CCCn1cncc1C1NCC(C)CS1. The highest BCUT2D eigenvalue weighted by Gasteiger charge is 2.21. The molecule has 4 heteroatoms. The number of thioether (sulfide) groups is 1. The molecule has 0 aromatic carbocycles. The molecule has 2 rings (SSSR count). The second-order valence-corrected chi connectivity index (χ2v) is 5.38. The van der Waals surface area contributed by atoms with Crippen LogP contribution >= 0.6 is 11.8 Å². The Morgan fingerprint density at radius 1 is 1.67 bits per heavy atom. The van der Waals surface area contributed by atoms with Crippen molar-refractivity contribution in [1.82, 2.24) is 14.9 Å². The van der Waals surface area contributed by atoms with E-state index in [4.69, 9.17) is 0 Å². The second-order valence-electron chi connectivity index (χ2n) is 4.24. The standard InChI is InChI=1S/C11H19N3S/c1-3-4-14-8-12-6-10(14)11-13-5-9(2)7-15-11/h6,8-9,11,13H,3-5,7H2,1-2H3. The minimum Gasteiger partial charge on any atom is -0.332 e. The van der Waals surface area contributed by atoms with E-state index in [-0.39, 0.29) is 0 Å². The Morgan fingerprint density at radius 2 is 2.53 bits per heavy atom. The van der Waals surface area contributed by atoms with E-state index >= 15 is 0 Å². The summed E-state index contributed by atoms with van der Waals surface area (Å²) in [6, 6.07) is 0. The van der Waals surface area contributed by atoms with Crippen molar-refractivity contribution in [1.29, 1.82) is 0 Å². The van der Waals surface area contributed by atoms with Gasteiger partial charge in [0.1, 0.15) is 0 Å². The number of hydrogen-bond acceptors (Lipinski definition) is 3. The van der Waals surface area contributed by atoms with Gasteiger partial charge in [0.05, 0.1) is 23.6 Å². The molecule has 1 aliphatic rings. The summed E-state index contributed by atoms with van der Waals surface area (Å²) in [6.07, 6.45) is 5.10. The first-order valence-corrected chi connectivity index (χ1v) is 6.71. The van der Waals surface area contributed by atoms with Crippen molar-refractivity contribution >= 4 is 11.8 Å². The Kier molecular flexibility index (Phi) is 3.70. The molecule has 1 N–H and O–H groups in total. The van der Waals surface area contributed by atoms with Crippen LogP contribution in [-0.2, 0) is 6.54 Å². The van der Waals surface area contributed by atoms with E-state index in [1.54, 1.807) is 0 Å². The third-order valence-electron chi connectivity index (χ3n) is 2.68. The maximum Gasteiger partial charge on any atom is 0.0958 e. The molecule has 1 saturated heterocycles. The first kappa shape index (κ1) is 11.0. The highest BCUT2D eigenvalue weighted by Crippen LogP contribution is 2.31. The number of rotatable bonds is 3. The highest BCUT2D eigenvalue weighted by atomic mass is 32.2. The van der Waals surface area contributed by atoms with Crippen LogP contribution in [0.5, 0.6) is 0 Å². The molecule has 15 heavy (non-hydrogen) atoms. The predicted molar refractivity (Wildman–Crippen MR) is 64.9 cm³/mol. The lowest BCUT2D eigenvalue weighted by Crippen LogP contribution is -2.32. The number of imidazole rings is 1. The van der Waals surface area contributed by atoms with Gasteiger partial charge in [-0.2, -0.15) is 0 Å². The molecular weight excluding hydrogens is 206 g/mol. The molecule has 0 bridgehead atoms. The molecule has 0 spiro atoms. The molecule has 1 aromatic heterocycles. The first-order chi connectivity index (χ1) is 7.31. The van der Waals surface area contributed by atoms with Gasteiger partial charge in [-0.15, -0.1) is 11.8 Å². The van der Waals surface area contributed by atoms with Gasteiger partial charge < -0.3 is 9.88 Å². The smallest absolute Gasteiger partial charge is 0.0958 e. The molecule has 2 atom stereocenters. The van der Waals surface area contributed by atoms with Crippen molar-refractivity contribution in [2.24, 2.45) is 5.92 Å². The van der Waals surface area contributed by atoms with Crippen molar-refractivity contribution in [3.8, 4) is 0 Å². The Balaban J connectivity index is 2.05. The van der Waals surface area contributed by atoms with E-state index in [9.17, 15) is 0 Å². The quantitative estimate of drug-likeness (QED) is 0.856. The minimum atomic E-state index is 0.440. The topological polar surface area (TPSA) is 29.9 Å². The molecule has 2 heterocycles. The predicted octanol–water partition coefficient (Wildman–Crippen LogP) is 2.26. The van der Waals surface area contributed by atoms with Gasteiger partial charge in [0.15, 0.2) is 0 Å². The largest absolute Gasteiger partial charge is 0.332 e. The van der Waals surface area contributed by atoms with Crippen LogP contribution in [-0.4, -0.2) is 21.8 Å². The summed E-state index contributed by atoms with van der Waals surface area (Å²) in [7, 11) is 0. The van der Waals surface area contributed by atoms with E-state index in [1.807, 2.05) is 24.3 Å². The molecule has 0 amide bonds. The van der Waals surface area contributed by atoms with Crippen LogP contribution in [0.1, 0.15) is 31.3 Å². The third-order valence-corrected chi connectivity index (χ3v) is 4.18. The van der Waals surface area contributed by atoms with Crippen molar-refractivity contribution in [2.75, 3.05) is 12.3 Å². The van der Waals surface area contributed by atoms with Gasteiger partial charge in [0.2, 0.25) is 0 Å². The zero-order chi connectivity index (χ0) is 10.7. The lowest BCUT2D eigenvalue weighted by molar-refractivity contribution is 0.509. The Bertz CT molecular complexity index is 303. The summed E-state index contributed by atoms with van der Waals surface area (Å²) < 4.78 is 2.26. The number of nitrogens with zero attached hydrogens (tertiary/aromatic N) is 2. The zero-order valence-corrected chi connectivity index (χ0v) is 10.3. The van der Waals surface area contributed by atoms with Crippen molar-refractivity contribution < 1.29 is 0 Å². The lowest BCUT2D eigenvalue weighted by atomic mass is 10.2. The number of aryl methyl sites for hydroxylation is 1. The first-order valence-electron chi connectivity index (χ1n) is 5.66. The second kappa shape index (κ2) is 5.03. The van der Waals surface area contributed by atoms with E-state index < -0.39 is 0 Å². The third kappa shape index (κ3) is 2.55. The fraction of sp³-hybridized carbons (Fsp3) is 0.727. The van der Waals surface area contributed by atoms with E-state index in [2.05, 4.69) is 28.7 Å². The summed E-state index contributed by atoms with van der Waals surface area (Å²) >= 11 is 2.00. The molecule has 1 fully saturated rings. The molecule has 0 radical (unpaired) electrons. The van der Waals surface area contributed by atoms with Crippen LogP contribution < -0.4 is 5.32 Å². The average molecular weight is 225 g/mol. The van der Waals surface area contributed by atoms with Crippen molar-refractivity contribution in [2.45, 2.75) is 32.2 Å². The fourth-order valence-corrected chi connectivity index (χ4v) is 3.07. The van der Waals surface area contributed by atoms with Gasteiger partial charge in [-0.05, 0) is 24.6 Å². The van der Waals surface area contributed by atoms with Crippen LogP contribution in [0, 0.1) is 5.92 Å². The van der Waals surface area contributed by atoms with Gasteiger partial charge in [-0.25, -0.2) is 4.98 Å². The molecule has 0 saturated carbocycles. The van der Waals surface area contributed by atoms with Crippen molar-refractivity contribution in [3.63, 3.8) is 0 Å². The molecule has 0 aliphatic carbocycles. The summed E-state index contributed by atoms with van der Waals surface area (Å²) in [5.74, 6) is 2.03. The zero-order valence-electron chi connectivity index (χ0n) is 9.44. The maximum absolute atomic E-state index is 4.24. The van der Waals surface area contributed by atoms with Crippen LogP contribution in [0.25, 0.3) is 0 Å². The number of hydrogen-bond donors (Lipinski definition) is 1. The normalized spacial score (nSPS) is 26.8. The molecule has 3 nitrogen and oxygen atoms in total. The highest BCUT2D eigenvalue weighted by molar-refractivity contribution is 7.99. The Morgan fingerprint density at radius 3 is 3.20 bits per heavy atom. The number of aromatic nitrogens is 2. The summed E-state index contributed by atoms with van der Waals surface area (Å²) in [4.78, 5) is 4.24. The van der Waals surface area contributed by atoms with E-state index in [0.717, 1.165) is 25.4 Å². The summed E-state index contributed by atoms with van der Waals surface area (Å²) in [5.41, 5.74) is 1.33. The lowest BCUT2D eigenvalue weighted by Gasteiger charge is -2.27. The van der Waals surface area contributed by atoms with Gasteiger partial charge in [0.25, 0.3) is 0 Å². The Hall–Kier alpha value is -0.480. The number of nitrogens with one attached hydrogen (secondary N) is 1. The molecule has 1 aromatic rings. The summed E-state index contributed by atoms with van der Waals surface area (Å²) in [6.45, 7) is 6.69. The maximum atomic E-state index is 4.24. The van der Waals surface area contributed by atoms with Crippen LogP contribution in [0.4, 0.5) is 0 Å². The van der Waals surface area contributed by atoms with Crippen LogP contribution in [0.15, 0.2) is 12.5 Å². The summed E-state index contributed by atoms with van der Waals surface area (Å²) in [5, 5.41) is 4.01. The van der Waals surface area contributed by atoms with Gasteiger partial charge in [-0.3, -0.25) is 0 Å². The van der Waals surface area contributed by atoms with Crippen LogP contribution in [0.2, 0.25) is 0 Å². The van der Waals surface area contributed by atoms with Gasteiger partial charge in [0, 0.05) is 6.54 Å². The average Bonchev–Trinajstić information content (AvgIpc) is 2.68. The van der Waals surface area contributed by atoms with E-state index in [0.29, 0.717) is 5.37 Å². The van der Waals surface area contributed by atoms with Crippen molar-refractivity contribution in [3.05, 3.63) is 18.2 Å². The molecule has 1 aliphatic heterocycles. The Labute approximate surface area is 95.7 Å². The van der Waals surface area contributed by atoms with Gasteiger partial charge in [-0.1, -0.05) is 13.8 Å². The van der Waals surface area contributed by atoms with E-state index in [1.165, 1.54) is 11.4 Å². The van der Waals surface area contributed by atoms with Gasteiger partial charge >= 0.3 is 0 Å².